The van der Waals surface area contributed by atoms with Crippen molar-refractivity contribution in [2.45, 2.75) is 45.3 Å². The Morgan fingerprint density at radius 3 is 2.58 bits per heavy atom. The van der Waals surface area contributed by atoms with Gasteiger partial charge < -0.3 is 4.57 Å². The van der Waals surface area contributed by atoms with Crippen molar-refractivity contribution >= 4 is 22.5 Å². The van der Waals surface area contributed by atoms with E-state index in [0.717, 1.165) is 36.5 Å². The summed E-state index contributed by atoms with van der Waals surface area (Å²) in [5.41, 5.74) is 5.32. The fourth-order valence-electron chi connectivity index (χ4n) is 3.97. The van der Waals surface area contributed by atoms with Gasteiger partial charge in [0.25, 0.3) is 0 Å². The minimum absolute atomic E-state index is 0.124. The maximum absolute atomic E-state index is 13.2. The van der Waals surface area contributed by atoms with Gasteiger partial charge in [0.15, 0.2) is 0 Å². The predicted octanol–water partition coefficient (Wildman–Crippen LogP) is 5.44. The minimum atomic E-state index is -0.183. The van der Waals surface area contributed by atoms with Crippen LogP contribution in [0.5, 0.6) is 0 Å². The summed E-state index contributed by atoms with van der Waals surface area (Å²) in [7, 11) is 2.19. The Hall–Kier alpha value is -1.84. The van der Waals surface area contributed by atoms with Crippen molar-refractivity contribution in [3.8, 4) is 0 Å². The number of hydrogen-bond acceptors (Lipinski definition) is 1. The zero-order valence-electron chi connectivity index (χ0n) is 15.5. The van der Waals surface area contributed by atoms with Crippen LogP contribution in [0.3, 0.4) is 0 Å². The molecule has 1 aromatic heterocycles. The van der Waals surface area contributed by atoms with Gasteiger partial charge in [-0.25, -0.2) is 4.39 Å². The normalized spacial score (nSPS) is 16.8. The van der Waals surface area contributed by atoms with Crippen LogP contribution < -0.4 is 0 Å². The van der Waals surface area contributed by atoms with Crippen molar-refractivity contribution in [1.82, 2.24) is 9.47 Å². The molecule has 26 heavy (non-hydrogen) atoms. The first-order chi connectivity index (χ1) is 12.3. The Labute approximate surface area is 159 Å². The lowest BCUT2D eigenvalue weighted by Gasteiger charge is -2.40. The number of nitrogens with zero attached hydrogens (tertiary/aromatic N) is 2. The molecular formula is C22H24ClFN2. The number of benzene rings is 2. The Bertz CT molecular complexity index is 956. The fraction of sp³-hybridized carbons (Fsp3) is 0.364. The lowest BCUT2D eigenvalue weighted by Crippen LogP contribution is -2.46. The third-order valence-electron chi connectivity index (χ3n) is 5.81. The van der Waals surface area contributed by atoms with Crippen LogP contribution >= 0.6 is 11.6 Å². The first-order valence-corrected chi connectivity index (χ1v) is 9.48. The predicted molar refractivity (Wildman–Crippen MR) is 106 cm³/mol. The van der Waals surface area contributed by atoms with Crippen LogP contribution in [0.15, 0.2) is 42.5 Å². The van der Waals surface area contributed by atoms with Gasteiger partial charge in [-0.1, -0.05) is 23.7 Å². The molecule has 136 valence electrons. The van der Waals surface area contributed by atoms with E-state index >= 15 is 0 Å². The molecule has 1 aliphatic rings. The van der Waals surface area contributed by atoms with Crippen LogP contribution in [0, 0.1) is 5.82 Å². The van der Waals surface area contributed by atoms with E-state index in [9.17, 15) is 4.39 Å². The van der Waals surface area contributed by atoms with E-state index in [-0.39, 0.29) is 11.4 Å². The summed E-state index contributed by atoms with van der Waals surface area (Å²) in [6.45, 7) is 6.41. The first-order valence-electron chi connectivity index (χ1n) is 9.10. The van der Waals surface area contributed by atoms with Crippen molar-refractivity contribution in [2.24, 2.45) is 0 Å². The van der Waals surface area contributed by atoms with E-state index in [4.69, 9.17) is 11.6 Å². The molecule has 2 heterocycles. The number of rotatable bonds is 3. The lowest BCUT2D eigenvalue weighted by molar-refractivity contribution is 0.130. The molecule has 0 saturated heterocycles. The van der Waals surface area contributed by atoms with Gasteiger partial charge >= 0.3 is 0 Å². The van der Waals surface area contributed by atoms with Gasteiger partial charge in [-0.05, 0) is 68.8 Å². The molecule has 0 unspecified atom stereocenters. The molecule has 0 radical (unpaired) electrons. The van der Waals surface area contributed by atoms with Gasteiger partial charge in [0.1, 0.15) is 5.82 Å². The number of likely N-dealkylation sites (N-methyl/N-ethyl adjacent to an activating group) is 1. The van der Waals surface area contributed by atoms with Gasteiger partial charge in [0, 0.05) is 46.7 Å². The molecule has 0 fully saturated rings. The van der Waals surface area contributed by atoms with Crippen LogP contribution in [0.4, 0.5) is 4.39 Å². The van der Waals surface area contributed by atoms with Crippen molar-refractivity contribution in [1.29, 1.82) is 0 Å². The van der Waals surface area contributed by atoms with Crippen molar-refractivity contribution in [3.63, 3.8) is 0 Å². The van der Waals surface area contributed by atoms with Crippen LogP contribution in [0.25, 0.3) is 10.9 Å². The maximum Gasteiger partial charge on any atom is 0.123 e. The molecule has 0 atom stereocenters. The smallest absolute Gasteiger partial charge is 0.123 e. The highest BCUT2D eigenvalue weighted by Gasteiger charge is 2.33. The molecular weight excluding hydrogens is 347 g/mol. The van der Waals surface area contributed by atoms with E-state index in [0.29, 0.717) is 0 Å². The Morgan fingerprint density at radius 2 is 1.85 bits per heavy atom. The summed E-state index contributed by atoms with van der Waals surface area (Å²) in [5, 5.41) is 2.04. The third-order valence-corrected chi connectivity index (χ3v) is 6.05. The monoisotopic (exact) mass is 370 g/mol. The Morgan fingerprint density at radius 1 is 1.12 bits per heavy atom. The first kappa shape index (κ1) is 17.6. The number of hydrogen-bond donors (Lipinski definition) is 0. The minimum Gasteiger partial charge on any atom is -0.344 e. The van der Waals surface area contributed by atoms with Crippen LogP contribution in [0.1, 0.15) is 30.7 Å². The van der Waals surface area contributed by atoms with Crippen molar-refractivity contribution < 1.29 is 4.39 Å². The SMILES string of the molecule is CN1Cc2c(n(CCc3ccc(F)cc3)c3ccc(Cl)cc23)CC1(C)C. The number of halogens is 2. The summed E-state index contributed by atoms with van der Waals surface area (Å²) < 4.78 is 15.6. The summed E-state index contributed by atoms with van der Waals surface area (Å²) in [6, 6.07) is 13.0. The highest BCUT2D eigenvalue weighted by atomic mass is 35.5. The molecule has 0 spiro atoms. The molecule has 4 heteroatoms. The lowest BCUT2D eigenvalue weighted by atomic mass is 9.89. The van der Waals surface area contributed by atoms with Crippen molar-refractivity contribution in [2.75, 3.05) is 7.05 Å². The Balaban J connectivity index is 1.77. The molecule has 1 aliphatic heterocycles. The molecule has 2 aromatic carbocycles. The second-order valence-electron chi connectivity index (χ2n) is 7.96. The molecule has 0 aliphatic carbocycles. The molecule has 0 amide bonds. The third kappa shape index (κ3) is 3.04. The average Bonchev–Trinajstić information content (AvgIpc) is 2.86. The summed E-state index contributed by atoms with van der Waals surface area (Å²) in [6.07, 6.45) is 1.89. The second kappa shape index (κ2) is 6.40. The summed E-state index contributed by atoms with van der Waals surface area (Å²) in [4.78, 5) is 2.42. The highest BCUT2D eigenvalue weighted by Crippen LogP contribution is 2.37. The van der Waals surface area contributed by atoms with Crippen LogP contribution in [0.2, 0.25) is 5.02 Å². The number of aryl methyl sites for hydroxylation is 2. The number of fused-ring (bicyclic) bond motifs is 3. The second-order valence-corrected chi connectivity index (χ2v) is 8.40. The fourth-order valence-corrected chi connectivity index (χ4v) is 4.14. The average molecular weight is 371 g/mol. The Kier molecular flexibility index (Phi) is 4.32. The quantitative estimate of drug-likeness (QED) is 0.595. The largest absolute Gasteiger partial charge is 0.344 e. The van der Waals surface area contributed by atoms with Crippen molar-refractivity contribution in [3.05, 3.63) is 70.1 Å². The molecule has 3 aromatic rings. The highest BCUT2D eigenvalue weighted by molar-refractivity contribution is 6.31. The van der Waals surface area contributed by atoms with E-state index in [1.807, 2.05) is 18.2 Å². The van der Waals surface area contributed by atoms with Gasteiger partial charge in [0.05, 0.1) is 0 Å². The van der Waals surface area contributed by atoms with E-state index < -0.39 is 0 Å². The molecule has 4 rings (SSSR count). The molecule has 0 N–H and O–H groups in total. The van der Waals surface area contributed by atoms with Gasteiger partial charge in [-0.2, -0.15) is 0 Å². The maximum atomic E-state index is 13.2. The zero-order valence-corrected chi connectivity index (χ0v) is 16.3. The van der Waals surface area contributed by atoms with Gasteiger partial charge in [-0.15, -0.1) is 0 Å². The zero-order chi connectivity index (χ0) is 18.5. The van der Waals surface area contributed by atoms with E-state index in [1.54, 1.807) is 0 Å². The van der Waals surface area contributed by atoms with Gasteiger partial charge in [0.2, 0.25) is 0 Å². The standard InChI is InChI=1S/C22H24ClFN2/c1-22(2)13-21-19(14-25(22)3)18-12-16(23)6-9-20(18)26(21)11-10-15-4-7-17(24)8-5-15/h4-9,12H,10-11,13-14H2,1-3H3. The van der Waals surface area contributed by atoms with E-state index in [1.165, 1.54) is 34.3 Å². The summed E-state index contributed by atoms with van der Waals surface area (Å²) >= 11 is 6.29. The topological polar surface area (TPSA) is 8.17 Å². The van der Waals surface area contributed by atoms with E-state index in [2.05, 4.69) is 42.5 Å². The molecule has 0 saturated carbocycles. The van der Waals surface area contributed by atoms with Crippen LogP contribution in [-0.2, 0) is 25.9 Å². The number of aromatic nitrogens is 1. The van der Waals surface area contributed by atoms with Crippen LogP contribution in [-0.4, -0.2) is 22.1 Å². The molecule has 0 bridgehead atoms. The summed E-state index contributed by atoms with van der Waals surface area (Å²) in [5.74, 6) is -0.183. The molecule has 2 nitrogen and oxygen atoms in total. The van der Waals surface area contributed by atoms with Gasteiger partial charge in [-0.3, -0.25) is 4.90 Å².